The molecule has 0 spiro atoms. The number of halogens is 7. The Hall–Kier alpha value is -2.50. The number of rotatable bonds is 4. The fourth-order valence-electron chi connectivity index (χ4n) is 1.74. The van der Waals surface area contributed by atoms with Gasteiger partial charge in [-0.05, 0) is 6.07 Å². The van der Waals surface area contributed by atoms with Gasteiger partial charge in [0.05, 0.1) is 0 Å². The zero-order chi connectivity index (χ0) is 19.7. The number of nitrogens with one attached hydrogen (secondary N) is 1. The van der Waals surface area contributed by atoms with Crippen molar-refractivity contribution in [1.82, 2.24) is 20.1 Å². The van der Waals surface area contributed by atoms with Gasteiger partial charge in [0.15, 0.2) is 5.69 Å². The number of nitrogens with zero attached hydrogens (tertiary/aromatic N) is 3. The Kier molecular flexibility index (Phi) is 5.35. The summed E-state index contributed by atoms with van der Waals surface area (Å²) in [5.74, 6) is -2.00. The van der Waals surface area contributed by atoms with Crippen LogP contribution in [0.1, 0.15) is 16.2 Å². The van der Waals surface area contributed by atoms with Gasteiger partial charge in [-0.2, -0.15) is 31.4 Å². The summed E-state index contributed by atoms with van der Waals surface area (Å²) in [5.41, 5.74) is -1.81. The van der Waals surface area contributed by atoms with Crippen LogP contribution in [-0.4, -0.2) is 33.4 Å². The van der Waals surface area contributed by atoms with Crippen LogP contribution < -0.4 is 10.1 Å². The van der Waals surface area contributed by atoms with Crippen LogP contribution in [0.15, 0.2) is 18.2 Å². The number of aryl methyl sites for hydroxylation is 1. The second-order valence-corrected chi connectivity index (χ2v) is 5.23. The zero-order valence-corrected chi connectivity index (χ0v) is 13.5. The molecule has 26 heavy (non-hydrogen) atoms. The van der Waals surface area contributed by atoms with E-state index in [9.17, 15) is 31.1 Å². The summed E-state index contributed by atoms with van der Waals surface area (Å²) < 4.78 is 80.4. The van der Waals surface area contributed by atoms with Gasteiger partial charge in [0.1, 0.15) is 17.3 Å². The molecule has 0 radical (unpaired) electrons. The van der Waals surface area contributed by atoms with E-state index < -0.39 is 47.1 Å². The predicted molar refractivity (Wildman–Crippen MR) is 75.9 cm³/mol. The molecule has 6 nitrogen and oxygen atoms in total. The largest absolute Gasteiger partial charge is 0.436 e. The van der Waals surface area contributed by atoms with E-state index in [1.807, 2.05) is 0 Å². The molecule has 0 aliphatic heterocycles. The molecule has 0 aromatic carbocycles. The van der Waals surface area contributed by atoms with Crippen molar-refractivity contribution < 1.29 is 35.9 Å². The maximum absolute atomic E-state index is 12.8. The van der Waals surface area contributed by atoms with Gasteiger partial charge in [-0.3, -0.25) is 4.79 Å². The third kappa shape index (κ3) is 4.77. The van der Waals surface area contributed by atoms with Crippen molar-refractivity contribution in [3.63, 3.8) is 0 Å². The van der Waals surface area contributed by atoms with Gasteiger partial charge in [-0.25, -0.2) is 9.67 Å². The first-order chi connectivity index (χ1) is 11.9. The fraction of sp³-hybridized carbons (Fsp3) is 0.308. The maximum atomic E-state index is 12.8. The van der Waals surface area contributed by atoms with Crippen LogP contribution in [0.3, 0.4) is 0 Å². The standard InChI is InChI=1S/C13H9ClF6N4O2/c1-24-11(8(14)9(23-24)13(18,19)20)26-7-4-2-3-6(22-7)10(25)21-5-12(15,16)17/h2-4H,5H2,1H3,(H,21,25). The smallest absolute Gasteiger partial charge is 0.419 e. The molecular formula is C13H9ClF6N4O2. The quantitative estimate of drug-likeness (QED) is 0.794. The van der Waals surface area contributed by atoms with Crippen molar-refractivity contribution in [2.45, 2.75) is 12.4 Å². The first-order valence-electron chi connectivity index (χ1n) is 6.68. The Labute approximate surface area is 146 Å². The summed E-state index contributed by atoms with van der Waals surface area (Å²) in [7, 11) is 1.14. The summed E-state index contributed by atoms with van der Waals surface area (Å²) in [6.45, 7) is -1.57. The molecule has 0 aliphatic carbocycles. The van der Waals surface area contributed by atoms with Crippen LogP contribution in [0.25, 0.3) is 0 Å². The van der Waals surface area contributed by atoms with Gasteiger partial charge in [-0.1, -0.05) is 17.7 Å². The molecule has 0 unspecified atom stereocenters. The second kappa shape index (κ2) is 7.02. The molecule has 0 bridgehead atoms. The third-order valence-corrected chi connectivity index (χ3v) is 3.16. The number of hydrogen-bond donors (Lipinski definition) is 1. The minimum Gasteiger partial charge on any atom is -0.419 e. The van der Waals surface area contributed by atoms with E-state index in [1.54, 1.807) is 5.32 Å². The monoisotopic (exact) mass is 402 g/mol. The number of amides is 1. The van der Waals surface area contributed by atoms with E-state index in [2.05, 4.69) is 10.1 Å². The highest BCUT2D eigenvalue weighted by Crippen LogP contribution is 2.39. The summed E-state index contributed by atoms with van der Waals surface area (Å²) in [6.07, 6.45) is -9.43. The first kappa shape index (κ1) is 19.8. The lowest BCUT2D eigenvalue weighted by Gasteiger charge is -2.09. The van der Waals surface area contributed by atoms with Crippen molar-refractivity contribution in [1.29, 1.82) is 0 Å². The van der Waals surface area contributed by atoms with Gasteiger partial charge in [0.25, 0.3) is 5.91 Å². The molecule has 2 rings (SSSR count). The first-order valence-corrected chi connectivity index (χ1v) is 7.06. The zero-order valence-electron chi connectivity index (χ0n) is 12.7. The number of carbonyl (C=O) groups is 1. The number of ether oxygens (including phenoxy) is 1. The molecule has 0 fully saturated rings. The molecule has 0 saturated heterocycles. The van der Waals surface area contributed by atoms with Crippen LogP contribution in [-0.2, 0) is 13.2 Å². The number of carbonyl (C=O) groups excluding carboxylic acids is 1. The SMILES string of the molecule is Cn1nc(C(F)(F)F)c(Cl)c1Oc1cccc(C(=O)NCC(F)(F)F)n1. The highest BCUT2D eigenvalue weighted by Gasteiger charge is 2.39. The number of aromatic nitrogens is 3. The summed E-state index contributed by atoms with van der Waals surface area (Å²) in [4.78, 5) is 15.3. The van der Waals surface area contributed by atoms with E-state index in [0.29, 0.717) is 4.68 Å². The Morgan fingerprint density at radius 3 is 2.46 bits per heavy atom. The number of pyridine rings is 1. The Balaban J connectivity index is 2.22. The second-order valence-electron chi connectivity index (χ2n) is 4.85. The van der Waals surface area contributed by atoms with Crippen molar-refractivity contribution in [3.8, 4) is 11.8 Å². The van der Waals surface area contributed by atoms with E-state index in [1.165, 1.54) is 12.1 Å². The van der Waals surface area contributed by atoms with E-state index in [-0.39, 0.29) is 5.88 Å². The highest BCUT2D eigenvalue weighted by molar-refractivity contribution is 6.32. The molecule has 1 amide bonds. The lowest BCUT2D eigenvalue weighted by Crippen LogP contribution is -2.34. The van der Waals surface area contributed by atoms with Gasteiger partial charge in [-0.15, -0.1) is 0 Å². The number of alkyl halides is 6. The fourth-order valence-corrected chi connectivity index (χ4v) is 2.05. The summed E-state index contributed by atoms with van der Waals surface area (Å²) in [6, 6.07) is 3.50. The van der Waals surface area contributed by atoms with Crippen molar-refractivity contribution in [2.75, 3.05) is 6.54 Å². The molecule has 142 valence electrons. The Bertz CT molecular complexity index is 818. The van der Waals surface area contributed by atoms with Gasteiger partial charge >= 0.3 is 12.4 Å². The van der Waals surface area contributed by atoms with Crippen LogP contribution >= 0.6 is 11.6 Å². The summed E-state index contributed by atoms with van der Waals surface area (Å²) >= 11 is 5.61. The van der Waals surface area contributed by atoms with Crippen molar-refractivity contribution >= 4 is 17.5 Å². The van der Waals surface area contributed by atoms with Crippen molar-refractivity contribution in [2.24, 2.45) is 7.05 Å². The molecule has 2 aromatic rings. The van der Waals surface area contributed by atoms with Crippen LogP contribution in [0.5, 0.6) is 11.8 Å². The highest BCUT2D eigenvalue weighted by atomic mass is 35.5. The molecule has 0 atom stereocenters. The van der Waals surface area contributed by atoms with Crippen LogP contribution in [0, 0.1) is 0 Å². The molecule has 2 aromatic heterocycles. The average molecular weight is 403 g/mol. The molecule has 1 N–H and O–H groups in total. The van der Waals surface area contributed by atoms with Gasteiger partial charge in [0, 0.05) is 13.1 Å². The van der Waals surface area contributed by atoms with E-state index >= 15 is 0 Å². The Morgan fingerprint density at radius 2 is 1.92 bits per heavy atom. The van der Waals surface area contributed by atoms with Crippen LogP contribution in [0.2, 0.25) is 5.02 Å². The van der Waals surface area contributed by atoms with Crippen LogP contribution in [0.4, 0.5) is 26.3 Å². The number of hydrogen-bond acceptors (Lipinski definition) is 4. The van der Waals surface area contributed by atoms with E-state index in [0.717, 1.165) is 13.1 Å². The maximum Gasteiger partial charge on any atom is 0.436 e. The molecule has 2 heterocycles. The normalized spacial score (nSPS) is 12.2. The lowest BCUT2D eigenvalue weighted by molar-refractivity contribution is -0.141. The minimum absolute atomic E-state index is 0.358. The molecule has 0 saturated carbocycles. The van der Waals surface area contributed by atoms with E-state index in [4.69, 9.17) is 16.3 Å². The summed E-state index contributed by atoms with van der Waals surface area (Å²) in [5, 5.41) is 3.97. The molecule has 0 aliphatic rings. The molecule has 13 heteroatoms. The predicted octanol–water partition coefficient (Wildman–Crippen LogP) is 3.57. The average Bonchev–Trinajstić information content (AvgIpc) is 2.80. The van der Waals surface area contributed by atoms with Crippen molar-refractivity contribution in [3.05, 3.63) is 34.6 Å². The van der Waals surface area contributed by atoms with Gasteiger partial charge in [0.2, 0.25) is 11.8 Å². The van der Waals surface area contributed by atoms with Gasteiger partial charge < -0.3 is 10.1 Å². The molecular weight excluding hydrogens is 394 g/mol. The topological polar surface area (TPSA) is 69.0 Å². The minimum atomic E-state index is -4.82. The Morgan fingerprint density at radius 1 is 1.27 bits per heavy atom. The lowest BCUT2D eigenvalue weighted by atomic mass is 10.3. The third-order valence-electron chi connectivity index (χ3n) is 2.81.